The predicted molar refractivity (Wildman–Crippen MR) is 136 cm³/mol. The second-order valence-electron chi connectivity index (χ2n) is 8.71. The highest BCUT2D eigenvalue weighted by molar-refractivity contribution is 6.33. The van der Waals surface area contributed by atoms with Crippen LogP contribution in [0.25, 0.3) is 22.2 Å². The summed E-state index contributed by atoms with van der Waals surface area (Å²) in [5, 5.41) is 0.795. The van der Waals surface area contributed by atoms with Gasteiger partial charge in [0.15, 0.2) is 0 Å². The van der Waals surface area contributed by atoms with E-state index in [1.807, 2.05) is 47.0 Å². The number of para-hydroxylation sites is 2. The number of aryl methyl sites for hydroxylation is 1. The number of halogens is 1. The molecule has 0 amide bonds. The van der Waals surface area contributed by atoms with E-state index in [-0.39, 0.29) is 5.69 Å². The molecule has 0 saturated carbocycles. The molecule has 0 aliphatic carbocycles. The molecule has 170 valence electrons. The average molecular weight is 461 g/mol. The van der Waals surface area contributed by atoms with Crippen LogP contribution in [-0.2, 0) is 13.1 Å². The standard InChI is InChI=1S/C27H29ClN4O/c28-24-11-4-3-10-23(24)22-9-2-1-8-21(22)20-31-18-16-30(17-19-31)14-7-15-32-26-13-6-5-12-25(26)29-27(32)33/h1-6,8-13H,7,14-20H2,(H,29,33). The highest BCUT2D eigenvalue weighted by Gasteiger charge is 2.18. The molecule has 5 nitrogen and oxygen atoms in total. The number of piperazine rings is 1. The topological polar surface area (TPSA) is 44.3 Å². The Morgan fingerprint density at radius 2 is 1.42 bits per heavy atom. The Morgan fingerprint density at radius 3 is 2.24 bits per heavy atom. The molecule has 1 fully saturated rings. The van der Waals surface area contributed by atoms with Crippen LogP contribution in [0, 0.1) is 0 Å². The highest BCUT2D eigenvalue weighted by Crippen LogP contribution is 2.31. The quantitative estimate of drug-likeness (QED) is 0.428. The van der Waals surface area contributed by atoms with Gasteiger partial charge in [0.2, 0.25) is 0 Å². The lowest BCUT2D eigenvalue weighted by molar-refractivity contribution is 0.125. The van der Waals surface area contributed by atoms with Crippen LogP contribution in [0.3, 0.4) is 0 Å². The van der Waals surface area contributed by atoms with E-state index in [2.05, 4.69) is 45.1 Å². The zero-order valence-corrected chi connectivity index (χ0v) is 19.5. The van der Waals surface area contributed by atoms with Gasteiger partial charge in [-0.15, -0.1) is 0 Å². The van der Waals surface area contributed by atoms with Crippen molar-refractivity contribution in [2.45, 2.75) is 19.5 Å². The van der Waals surface area contributed by atoms with Gasteiger partial charge in [-0.3, -0.25) is 9.47 Å². The van der Waals surface area contributed by atoms with Gasteiger partial charge in [-0.1, -0.05) is 66.2 Å². The number of rotatable bonds is 7. The van der Waals surface area contributed by atoms with Crippen molar-refractivity contribution in [1.82, 2.24) is 19.4 Å². The first-order valence-corrected chi connectivity index (χ1v) is 12.0. The first kappa shape index (κ1) is 22.0. The molecule has 3 aromatic carbocycles. The lowest BCUT2D eigenvalue weighted by Gasteiger charge is -2.35. The van der Waals surface area contributed by atoms with Gasteiger partial charge >= 0.3 is 5.69 Å². The lowest BCUT2D eigenvalue weighted by Crippen LogP contribution is -2.46. The highest BCUT2D eigenvalue weighted by atomic mass is 35.5. The monoisotopic (exact) mass is 460 g/mol. The fraction of sp³-hybridized carbons (Fsp3) is 0.296. The molecule has 1 N–H and O–H groups in total. The number of fused-ring (bicyclic) bond motifs is 1. The van der Waals surface area contributed by atoms with E-state index < -0.39 is 0 Å². The van der Waals surface area contributed by atoms with Crippen LogP contribution in [0.15, 0.2) is 77.6 Å². The average Bonchev–Trinajstić information content (AvgIpc) is 3.16. The van der Waals surface area contributed by atoms with Gasteiger partial charge < -0.3 is 9.88 Å². The van der Waals surface area contributed by atoms with Gasteiger partial charge in [-0.2, -0.15) is 0 Å². The molecular weight excluding hydrogens is 432 g/mol. The smallest absolute Gasteiger partial charge is 0.306 e. The van der Waals surface area contributed by atoms with Crippen molar-refractivity contribution in [3.63, 3.8) is 0 Å². The van der Waals surface area contributed by atoms with Gasteiger partial charge in [0.25, 0.3) is 0 Å². The zero-order valence-electron chi connectivity index (χ0n) is 18.7. The summed E-state index contributed by atoms with van der Waals surface area (Å²) >= 11 is 6.48. The van der Waals surface area contributed by atoms with E-state index >= 15 is 0 Å². The molecular formula is C27H29ClN4O. The van der Waals surface area contributed by atoms with Crippen molar-refractivity contribution >= 4 is 22.6 Å². The minimum Gasteiger partial charge on any atom is -0.306 e. The van der Waals surface area contributed by atoms with E-state index in [1.165, 1.54) is 11.1 Å². The van der Waals surface area contributed by atoms with E-state index in [9.17, 15) is 4.79 Å². The molecule has 0 spiro atoms. The fourth-order valence-corrected chi connectivity index (χ4v) is 5.03. The third-order valence-corrected chi connectivity index (χ3v) is 6.91. The summed E-state index contributed by atoms with van der Waals surface area (Å²) in [5.41, 5.74) is 5.52. The van der Waals surface area contributed by atoms with Gasteiger partial charge in [0, 0.05) is 49.9 Å². The lowest BCUT2D eigenvalue weighted by atomic mass is 9.99. The molecule has 1 aliphatic heterocycles. The maximum atomic E-state index is 12.3. The van der Waals surface area contributed by atoms with E-state index in [4.69, 9.17) is 11.6 Å². The van der Waals surface area contributed by atoms with Crippen molar-refractivity contribution in [3.05, 3.63) is 93.9 Å². The van der Waals surface area contributed by atoms with Gasteiger partial charge in [0.1, 0.15) is 0 Å². The third-order valence-electron chi connectivity index (χ3n) is 6.58. The number of imidazole rings is 1. The SMILES string of the molecule is O=c1[nH]c2ccccc2n1CCCN1CCN(Cc2ccccc2-c2ccccc2Cl)CC1. The summed E-state index contributed by atoms with van der Waals surface area (Å²) in [4.78, 5) is 20.2. The second-order valence-corrected chi connectivity index (χ2v) is 9.11. The first-order chi connectivity index (χ1) is 16.2. The summed E-state index contributed by atoms with van der Waals surface area (Å²) in [6.07, 6.45) is 0.969. The van der Waals surface area contributed by atoms with E-state index in [0.29, 0.717) is 0 Å². The molecule has 0 bridgehead atoms. The number of nitrogens with one attached hydrogen (secondary N) is 1. The first-order valence-electron chi connectivity index (χ1n) is 11.6. The molecule has 1 saturated heterocycles. The number of hydrogen-bond donors (Lipinski definition) is 1. The van der Waals surface area contributed by atoms with Gasteiger partial charge in [-0.05, 0) is 42.3 Å². The summed E-state index contributed by atoms with van der Waals surface area (Å²) in [5.74, 6) is 0. The molecule has 1 aromatic heterocycles. The molecule has 0 radical (unpaired) electrons. The number of aromatic nitrogens is 2. The third kappa shape index (κ3) is 4.91. The Kier molecular flexibility index (Phi) is 6.63. The van der Waals surface area contributed by atoms with Crippen molar-refractivity contribution in [3.8, 4) is 11.1 Å². The molecule has 6 heteroatoms. The summed E-state index contributed by atoms with van der Waals surface area (Å²) in [7, 11) is 0. The van der Waals surface area contributed by atoms with Crippen LogP contribution >= 0.6 is 11.6 Å². The molecule has 33 heavy (non-hydrogen) atoms. The van der Waals surface area contributed by atoms with Crippen LogP contribution in [0.5, 0.6) is 0 Å². The number of aromatic amines is 1. The van der Waals surface area contributed by atoms with Crippen LogP contribution in [-0.4, -0.2) is 52.1 Å². The van der Waals surface area contributed by atoms with Gasteiger partial charge in [-0.25, -0.2) is 4.79 Å². The molecule has 0 atom stereocenters. The van der Waals surface area contributed by atoms with Crippen molar-refractivity contribution in [1.29, 1.82) is 0 Å². The van der Waals surface area contributed by atoms with Gasteiger partial charge in [0.05, 0.1) is 11.0 Å². The summed E-state index contributed by atoms with van der Waals surface area (Å²) in [6, 6.07) is 24.5. The van der Waals surface area contributed by atoms with Crippen molar-refractivity contribution in [2.75, 3.05) is 32.7 Å². The van der Waals surface area contributed by atoms with Crippen LogP contribution in [0.4, 0.5) is 0 Å². The van der Waals surface area contributed by atoms with Crippen molar-refractivity contribution in [2.24, 2.45) is 0 Å². The second kappa shape index (κ2) is 9.96. The Balaban J connectivity index is 1.15. The van der Waals surface area contributed by atoms with E-state index in [1.54, 1.807) is 0 Å². The molecule has 5 rings (SSSR count). The molecule has 1 aliphatic rings. The van der Waals surface area contributed by atoms with Crippen LogP contribution in [0.1, 0.15) is 12.0 Å². The number of benzene rings is 3. The number of nitrogens with zero attached hydrogens (tertiary/aromatic N) is 3. The Bertz CT molecular complexity index is 1290. The number of H-pyrrole nitrogens is 1. The van der Waals surface area contributed by atoms with Crippen molar-refractivity contribution < 1.29 is 0 Å². The maximum absolute atomic E-state index is 12.3. The summed E-state index contributed by atoms with van der Waals surface area (Å²) in [6.45, 7) is 6.88. The predicted octanol–water partition coefficient (Wildman–Crippen LogP) is 4.86. The summed E-state index contributed by atoms with van der Waals surface area (Å²) < 4.78 is 1.86. The minimum absolute atomic E-state index is 0.0156. The van der Waals surface area contributed by atoms with Crippen LogP contribution < -0.4 is 5.69 Å². The molecule has 2 heterocycles. The molecule has 0 unspecified atom stereocenters. The normalized spacial score (nSPS) is 15.3. The maximum Gasteiger partial charge on any atom is 0.326 e. The minimum atomic E-state index is -0.0156. The fourth-order valence-electron chi connectivity index (χ4n) is 4.79. The van der Waals surface area contributed by atoms with Crippen LogP contribution in [0.2, 0.25) is 5.02 Å². The Morgan fingerprint density at radius 1 is 0.758 bits per heavy atom. The van der Waals surface area contributed by atoms with E-state index in [0.717, 1.165) is 73.9 Å². The largest absolute Gasteiger partial charge is 0.326 e. The molecule has 4 aromatic rings. The Labute approximate surface area is 199 Å². The Hall–Kier alpha value is -2.86. The zero-order chi connectivity index (χ0) is 22.6. The number of hydrogen-bond acceptors (Lipinski definition) is 3.